The largest absolute Gasteiger partial charge is 0.508 e. The number of hydrogen-bond donors (Lipinski definition) is 2. The third-order valence-corrected chi connectivity index (χ3v) is 4.72. The van der Waals surface area contributed by atoms with Crippen molar-refractivity contribution in [1.29, 1.82) is 0 Å². The molecular weight excluding hydrogens is 272 g/mol. The number of benzene rings is 1. The second-order valence-electron chi connectivity index (χ2n) is 3.77. The minimum atomic E-state index is -0.906. The van der Waals surface area contributed by atoms with Gasteiger partial charge in [-0.15, -0.1) is 23.1 Å². The molecule has 0 saturated heterocycles. The number of thioether (sulfide) groups is 1. The second kappa shape index (κ2) is 4.25. The van der Waals surface area contributed by atoms with E-state index in [1.807, 2.05) is 0 Å². The average Bonchev–Trinajstić information content (AvgIpc) is 2.93. The molecule has 0 saturated carbocycles. The zero-order valence-corrected chi connectivity index (χ0v) is 10.7. The molecule has 0 bridgehead atoms. The molecule has 18 heavy (non-hydrogen) atoms. The Kier molecular flexibility index (Phi) is 2.71. The van der Waals surface area contributed by atoms with Crippen molar-refractivity contribution in [2.45, 2.75) is 6.04 Å². The van der Waals surface area contributed by atoms with E-state index < -0.39 is 12.0 Å². The van der Waals surface area contributed by atoms with E-state index in [0.29, 0.717) is 21.3 Å². The minimum absolute atomic E-state index is 0.170. The third-order valence-electron chi connectivity index (χ3n) is 2.49. The molecule has 1 aromatic carbocycles. The molecule has 7 heteroatoms. The van der Waals surface area contributed by atoms with Gasteiger partial charge in [0.1, 0.15) is 15.8 Å². The summed E-state index contributed by atoms with van der Waals surface area (Å²) in [5.41, 5.74) is 0.706. The Bertz CT molecular complexity index is 665. The van der Waals surface area contributed by atoms with Gasteiger partial charge in [0.05, 0.1) is 10.2 Å². The van der Waals surface area contributed by atoms with Crippen LogP contribution in [-0.4, -0.2) is 38.0 Å². The number of rotatable bonds is 2. The summed E-state index contributed by atoms with van der Waals surface area (Å²) >= 11 is 2.86. The molecule has 0 fully saturated rings. The van der Waals surface area contributed by atoms with E-state index in [2.05, 4.69) is 9.98 Å². The molecule has 0 aliphatic carbocycles. The molecule has 1 unspecified atom stereocenters. The lowest BCUT2D eigenvalue weighted by molar-refractivity contribution is -0.137. The summed E-state index contributed by atoms with van der Waals surface area (Å²) in [5, 5.41) is 19.6. The third kappa shape index (κ3) is 1.95. The van der Waals surface area contributed by atoms with Crippen molar-refractivity contribution < 1.29 is 15.0 Å². The number of aliphatic imine (C=N–C) groups is 1. The Morgan fingerprint density at radius 1 is 1.44 bits per heavy atom. The SMILES string of the molecule is O=C(O)C1CSC(c2nc3cc(O)ccc3s2)=N1. The number of aromatic nitrogens is 1. The molecule has 92 valence electrons. The Hall–Kier alpha value is -1.60. The fourth-order valence-electron chi connectivity index (χ4n) is 1.62. The smallest absolute Gasteiger partial charge is 0.329 e. The van der Waals surface area contributed by atoms with Crippen LogP contribution in [0.25, 0.3) is 10.2 Å². The van der Waals surface area contributed by atoms with E-state index in [4.69, 9.17) is 5.11 Å². The first-order valence-corrected chi connectivity index (χ1v) is 6.97. The van der Waals surface area contributed by atoms with Gasteiger partial charge < -0.3 is 10.2 Å². The normalized spacial score (nSPS) is 19.1. The lowest BCUT2D eigenvalue weighted by Crippen LogP contribution is -2.17. The van der Waals surface area contributed by atoms with Crippen LogP contribution in [0.5, 0.6) is 5.75 Å². The number of carboxylic acids is 1. The highest BCUT2D eigenvalue weighted by Crippen LogP contribution is 2.31. The number of phenols is 1. The topological polar surface area (TPSA) is 82.8 Å². The van der Waals surface area contributed by atoms with Crippen LogP contribution in [0.2, 0.25) is 0 Å². The van der Waals surface area contributed by atoms with Crippen LogP contribution in [0.15, 0.2) is 23.2 Å². The van der Waals surface area contributed by atoms with Gasteiger partial charge >= 0.3 is 5.97 Å². The van der Waals surface area contributed by atoms with Gasteiger partial charge in [0.15, 0.2) is 6.04 Å². The molecule has 3 rings (SSSR count). The Labute approximate surface area is 110 Å². The average molecular weight is 280 g/mol. The zero-order valence-electron chi connectivity index (χ0n) is 9.03. The summed E-state index contributed by atoms with van der Waals surface area (Å²) in [7, 11) is 0. The van der Waals surface area contributed by atoms with Gasteiger partial charge in [-0.05, 0) is 12.1 Å². The summed E-state index contributed by atoms with van der Waals surface area (Å²) in [6.07, 6.45) is 0. The van der Waals surface area contributed by atoms with Gasteiger partial charge in [-0.2, -0.15) is 0 Å². The summed E-state index contributed by atoms with van der Waals surface area (Å²) in [6, 6.07) is 4.31. The lowest BCUT2D eigenvalue weighted by Gasteiger charge is -1.93. The van der Waals surface area contributed by atoms with Crippen LogP contribution >= 0.6 is 23.1 Å². The van der Waals surface area contributed by atoms with Crippen LogP contribution in [0.3, 0.4) is 0 Å². The van der Waals surface area contributed by atoms with Crippen molar-refractivity contribution in [1.82, 2.24) is 4.98 Å². The van der Waals surface area contributed by atoms with Crippen molar-refractivity contribution in [3.05, 3.63) is 23.2 Å². The van der Waals surface area contributed by atoms with E-state index in [-0.39, 0.29) is 5.75 Å². The number of nitrogens with zero attached hydrogens (tertiary/aromatic N) is 2. The number of fused-ring (bicyclic) bond motifs is 1. The van der Waals surface area contributed by atoms with Crippen LogP contribution in [0, 0.1) is 0 Å². The van der Waals surface area contributed by atoms with Crippen molar-refractivity contribution in [3.63, 3.8) is 0 Å². The van der Waals surface area contributed by atoms with E-state index in [1.54, 1.807) is 18.2 Å². The second-order valence-corrected chi connectivity index (χ2v) is 5.81. The first-order valence-electron chi connectivity index (χ1n) is 5.17. The van der Waals surface area contributed by atoms with Crippen molar-refractivity contribution >= 4 is 44.3 Å². The standard InChI is InChI=1S/C11H8N2O3S2/c14-5-1-2-8-6(3-5)12-10(18-8)9-13-7(4-17-9)11(15)16/h1-3,7,14H,4H2,(H,15,16). The summed E-state index contributed by atoms with van der Waals surface area (Å²) in [6.45, 7) is 0. The molecular formula is C11H8N2O3S2. The maximum absolute atomic E-state index is 10.8. The number of carbonyl (C=O) groups is 1. The van der Waals surface area contributed by atoms with E-state index in [9.17, 15) is 9.90 Å². The first kappa shape index (κ1) is 11.5. The number of carboxylic acid groups (broad SMARTS) is 1. The highest BCUT2D eigenvalue weighted by Gasteiger charge is 2.26. The minimum Gasteiger partial charge on any atom is -0.508 e. The molecule has 0 spiro atoms. The van der Waals surface area contributed by atoms with Crippen LogP contribution in [-0.2, 0) is 4.79 Å². The number of aromatic hydroxyl groups is 1. The Morgan fingerprint density at radius 2 is 2.28 bits per heavy atom. The van der Waals surface area contributed by atoms with Crippen LogP contribution < -0.4 is 0 Å². The Morgan fingerprint density at radius 3 is 3.00 bits per heavy atom. The van der Waals surface area contributed by atoms with Crippen LogP contribution in [0.1, 0.15) is 5.01 Å². The molecule has 1 atom stereocenters. The fourth-order valence-corrected chi connectivity index (χ4v) is 3.67. The summed E-state index contributed by atoms with van der Waals surface area (Å²) in [4.78, 5) is 19.3. The lowest BCUT2D eigenvalue weighted by atomic mass is 10.3. The predicted octanol–water partition coefficient (Wildman–Crippen LogP) is 1.95. The molecule has 1 aliphatic heterocycles. The quantitative estimate of drug-likeness (QED) is 0.878. The summed E-state index contributed by atoms with van der Waals surface area (Å²) < 4.78 is 0.949. The summed E-state index contributed by atoms with van der Waals surface area (Å²) in [5.74, 6) is -0.286. The number of phenolic OH excluding ortho intramolecular Hbond substituents is 1. The van der Waals surface area contributed by atoms with E-state index in [0.717, 1.165) is 4.70 Å². The molecule has 5 nitrogen and oxygen atoms in total. The van der Waals surface area contributed by atoms with Crippen molar-refractivity contribution in [3.8, 4) is 5.75 Å². The molecule has 2 heterocycles. The van der Waals surface area contributed by atoms with Crippen molar-refractivity contribution in [2.24, 2.45) is 4.99 Å². The molecule has 1 aliphatic rings. The number of hydrogen-bond acceptors (Lipinski definition) is 6. The van der Waals surface area contributed by atoms with Crippen LogP contribution in [0.4, 0.5) is 0 Å². The fraction of sp³-hybridized carbons (Fsp3) is 0.182. The van der Waals surface area contributed by atoms with E-state index in [1.165, 1.54) is 23.1 Å². The molecule has 0 radical (unpaired) electrons. The molecule has 2 N–H and O–H groups in total. The maximum atomic E-state index is 10.8. The first-order chi connectivity index (χ1) is 8.63. The van der Waals surface area contributed by atoms with Gasteiger partial charge in [0, 0.05) is 11.8 Å². The Balaban J connectivity index is 2.00. The monoisotopic (exact) mass is 280 g/mol. The van der Waals surface area contributed by atoms with Gasteiger partial charge in [-0.1, -0.05) is 0 Å². The van der Waals surface area contributed by atoms with Gasteiger partial charge in [0.2, 0.25) is 0 Å². The maximum Gasteiger partial charge on any atom is 0.329 e. The highest BCUT2D eigenvalue weighted by molar-refractivity contribution is 8.15. The van der Waals surface area contributed by atoms with Gasteiger partial charge in [0.25, 0.3) is 0 Å². The highest BCUT2D eigenvalue weighted by atomic mass is 32.2. The van der Waals surface area contributed by atoms with Gasteiger partial charge in [-0.25, -0.2) is 9.78 Å². The predicted molar refractivity (Wildman–Crippen MR) is 71.7 cm³/mol. The number of thiazole rings is 1. The molecule has 2 aromatic rings. The van der Waals surface area contributed by atoms with E-state index >= 15 is 0 Å². The van der Waals surface area contributed by atoms with Gasteiger partial charge in [-0.3, -0.25) is 4.99 Å². The molecule has 1 aromatic heterocycles. The van der Waals surface area contributed by atoms with Crippen molar-refractivity contribution in [2.75, 3.05) is 5.75 Å². The number of aliphatic carboxylic acids is 1. The zero-order chi connectivity index (χ0) is 12.7. The molecule has 0 amide bonds.